The Kier molecular flexibility index (Phi) is 4.55. The third kappa shape index (κ3) is 3.41. The van der Waals surface area contributed by atoms with Crippen LogP contribution in [0.5, 0.6) is 5.75 Å². The highest BCUT2D eigenvalue weighted by Gasteiger charge is 2.05. The summed E-state index contributed by atoms with van der Waals surface area (Å²) in [5.41, 5.74) is 2.09. The van der Waals surface area contributed by atoms with Crippen LogP contribution in [-0.2, 0) is 6.61 Å². The van der Waals surface area contributed by atoms with Gasteiger partial charge >= 0.3 is 0 Å². The minimum absolute atomic E-state index is 0.414. The second kappa shape index (κ2) is 5.96. The number of rotatable bonds is 3. The molecule has 2 aromatic carbocycles. The molecule has 0 fully saturated rings. The van der Waals surface area contributed by atoms with Gasteiger partial charge in [0.2, 0.25) is 0 Å². The maximum Gasteiger partial charge on any atom is 0.134 e. The first kappa shape index (κ1) is 13.7. The zero-order valence-corrected chi connectivity index (χ0v) is 12.8. The Morgan fingerprint density at radius 3 is 2.56 bits per heavy atom. The first-order valence-electron chi connectivity index (χ1n) is 5.39. The quantitative estimate of drug-likeness (QED) is 0.699. The molecule has 94 valence electrons. The van der Waals surface area contributed by atoms with Crippen molar-refractivity contribution in [1.82, 2.24) is 0 Å². The van der Waals surface area contributed by atoms with Crippen LogP contribution in [0, 0.1) is 6.92 Å². The van der Waals surface area contributed by atoms with Crippen LogP contribution >= 0.6 is 39.1 Å². The normalized spacial score (nSPS) is 10.4. The summed E-state index contributed by atoms with van der Waals surface area (Å²) >= 11 is 15.4. The van der Waals surface area contributed by atoms with Crippen LogP contribution < -0.4 is 4.74 Å². The van der Waals surface area contributed by atoms with E-state index in [-0.39, 0.29) is 0 Å². The average molecular weight is 346 g/mol. The maximum atomic E-state index is 6.08. The molecule has 0 saturated carbocycles. The zero-order valence-electron chi connectivity index (χ0n) is 9.71. The molecule has 2 aromatic rings. The van der Waals surface area contributed by atoms with Crippen molar-refractivity contribution in [2.45, 2.75) is 13.5 Å². The molecule has 0 aliphatic heterocycles. The van der Waals surface area contributed by atoms with E-state index in [4.69, 9.17) is 27.9 Å². The fraction of sp³-hybridized carbons (Fsp3) is 0.143. The fourth-order valence-electron chi connectivity index (χ4n) is 1.52. The lowest BCUT2D eigenvalue weighted by atomic mass is 10.2. The van der Waals surface area contributed by atoms with Crippen molar-refractivity contribution in [2.24, 2.45) is 0 Å². The van der Waals surface area contributed by atoms with E-state index >= 15 is 0 Å². The molecule has 0 radical (unpaired) electrons. The molecule has 1 nitrogen and oxygen atoms in total. The first-order chi connectivity index (χ1) is 8.56. The molecule has 0 unspecified atom stereocenters. The number of benzene rings is 2. The molecule has 0 atom stereocenters. The smallest absolute Gasteiger partial charge is 0.134 e. The summed E-state index contributed by atoms with van der Waals surface area (Å²) in [7, 11) is 0. The molecule has 4 heteroatoms. The molecule has 0 bridgehead atoms. The summed E-state index contributed by atoms with van der Waals surface area (Å²) in [4.78, 5) is 0. The lowest BCUT2D eigenvalue weighted by Gasteiger charge is -2.10. The van der Waals surface area contributed by atoms with Crippen LogP contribution in [0.25, 0.3) is 0 Å². The van der Waals surface area contributed by atoms with Crippen LogP contribution in [0.1, 0.15) is 11.1 Å². The Balaban J connectivity index is 2.11. The predicted octanol–water partition coefficient (Wildman–Crippen LogP) is 5.64. The number of hydrogen-bond acceptors (Lipinski definition) is 1. The topological polar surface area (TPSA) is 9.23 Å². The van der Waals surface area contributed by atoms with Crippen LogP contribution in [0.3, 0.4) is 0 Å². The van der Waals surface area contributed by atoms with E-state index in [2.05, 4.69) is 15.9 Å². The highest BCUT2D eigenvalue weighted by Crippen LogP contribution is 2.28. The molecule has 0 amide bonds. The number of ether oxygens (including phenoxy) is 1. The first-order valence-corrected chi connectivity index (χ1v) is 6.94. The van der Waals surface area contributed by atoms with Crippen molar-refractivity contribution < 1.29 is 4.74 Å². The van der Waals surface area contributed by atoms with E-state index in [9.17, 15) is 0 Å². The molecule has 0 aliphatic carbocycles. The lowest BCUT2D eigenvalue weighted by molar-refractivity contribution is 0.304. The average Bonchev–Trinajstić information content (AvgIpc) is 2.30. The summed E-state index contributed by atoms with van der Waals surface area (Å²) in [5.74, 6) is 0.798. The number of aryl methyl sites for hydroxylation is 1. The van der Waals surface area contributed by atoms with Gasteiger partial charge in [-0.15, -0.1) is 0 Å². The van der Waals surface area contributed by atoms with Crippen LogP contribution in [0.15, 0.2) is 40.9 Å². The zero-order chi connectivity index (χ0) is 13.1. The summed E-state index contributed by atoms with van der Waals surface area (Å²) in [6.45, 7) is 2.45. The molecular formula is C14H11BrCl2O. The van der Waals surface area contributed by atoms with Crippen molar-refractivity contribution >= 4 is 39.1 Å². The summed E-state index contributed by atoms with van der Waals surface area (Å²) < 4.78 is 6.66. The molecule has 0 aliphatic rings. The SMILES string of the molecule is Cc1ccc(OCc2ccc(Cl)cc2Cl)c(Br)c1. The standard InChI is InChI=1S/C14H11BrCl2O/c1-9-2-5-14(12(15)6-9)18-8-10-3-4-11(16)7-13(10)17/h2-7H,8H2,1H3. The Bertz CT molecular complexity index is 518. The molecular weight excluding hydrogens is 335 g/mol. The van der Waals surface area contributed by atoms with Gasteiger partial charge in [0.1, 0.15) is 12.4 Å². The summed E-state index contributed by atoms with van der Waals surface area (Å²) in [6, 6.07) is 11.3. The summed E-state index contributed by atoms with van der Waals surface area (Å²) in [6.07, 6.45) is 0. The van der Waals surface area contributed by atoms with Crippen molar-refractivity contribution in [3.05, 3.63) is 62.0 Å². The third-order valence-corrected chi connectivity index (χ3v) is 3.69. The van der Waals surface area contributed by atoms with Gasteiger partial charge in [-0.25, -0.2) is 0 Å². The Hall–Kier alpha value is -0.700. The van der Waals surface area contributed by atoms with Gasteiger partial charge in [0.15, 0.2) is 0 Å². The second-order valence-electron chi connectivity index (χ2n) is 3.96. The molecule has 0 N–H and O–H groups in total. The second-order valence-corrected chi connectivity index (χ2v) is 5.66. The van der Waals surface area contributed by atoms with Gasteiger partial charge in [-0.05, 0) is 52.7 Å². The number of hydrogen-bond donors (Lipinski definition) is 0. The maximum absolute atomic E-state index is 6.08. The van der Waals surface area contributed by atoms with E-state index in [0.29, 0.717) is 16.7 Å². The monoisotopic (exact) mass is 344 g/mol. The highest BCUT2D eigenvalue weighted by molar-refractivity contribution is 9.10. The van der Waals surface area contributed by atoms with Crippen molar-refractivity contribution in [3.63, 3.8) is 0 Å². The van der Waals surface area contributed by atoms with Crippen molar-refractivity contribution in [2.75, 3.05) is 0 Å². The predicted molar refractivity (Wildman–Crippen MR) is 79.7 cm³/mol. The van der Waals surface area contributed by atoms with E-state index in [1.807, 2.05) is 31.2 Å². The van der Waals surface area contributed by atoms with E-state index < -0.39 is 0 Å². The molecule has 0 aromatic heterocycles. The van der Waals surface area contributed by atoms with Crippen LogP contribution in [-0.4, -0.2) is 0 Å². The van der Waals surface area contributed by atoms with Gasteiger partial charge in [-0.3, -0.25) is 0 Å². The van der Waals surface area contributed by atoms with Gasteiger partial charge in [-0.1, -0.05) is 35.3 Å². The molecule has 0 spiro atoms. The highest BCUT2D eigenvalue weighted by atomic mass is 79.9. The minimum atomic E-state index is 0.414. The van der Waals surface area contributed by atoms with Gasteiger partial charge in [0.25, 0.3) is 0 Å². The van der Waals surface area contributed by atoms with E-state index in [1.165, 1.54) is 5.56 Å². The Labute approximate surface area is 125 Å². The lowest BCUT2D eigenvalue weighted by Crippen LogP contribution is -1.97. The Morgan fingerprint density at radius 1 is 1.11 bits per heavy atom. The van der Waals surface area contributed by atoms with Crippen LogP contribution in [0.4, 0.5) is 0 Å². The van der Waals surface area contributed by atoms with Gasteiger partial charge in [0, 0.05) is 15.6 Å². The van der Waals surface area contributed by atoms with Crippen molar-refractivity contribution in [3.8, 4) is 5.75 Å². The van der Waals surface area contributed by atoms with E-state index in [1.54, 1.807) is 12.1 Å². The molecule has 0 heterocycles. The van der Waals surface area contributed by atoms with Crippen molar-refractivity contribution in [1.29, 1.82) is 0 Å². The largest absolute Gasteiger partial charge is 0.488 e. The van der Waals surface area contributed by atoms with Gasteiger partial charge < -0.3 is 4.74 Å². The van der Waals surface area contributed by atoms with Crippen LogP contribution in [0.2, 0.25) is 10.0 Å². The Morgan fingerprint density at radius 2 is 1.89 bits per heavy atom. The van der Waals surface area contributed by atoms with Gasteiger partial charge in [-0.2, -0.15) is 0 Å². The summed E-state index contributed by atoms with van der Waals surface area (Å²) in [5, 5.41) is 1.24. The van der Waals surface area contributed by atoms with Gasteiger partial charge in [0.05, 0.1) is 4.47 Å². The molecule has 18 heavy (non-hydrogen) atoms. The molecule has 2 rings (SSSR count). The minimum Gasteiger partial charge on any atom is -0.488 e. The molecule has 0 saturated heterocycles. The van der Waals surface area contributed by atoms with E-state index in [0.717, 1.165) is 15.8 Å². The number of halogens is 3. The fourth-order valence-corrected chi connectivity index (χ4v) is 2.59. The third-order valence-electron chi connectivity index (χ3n) is 2.49.